The van der Waals surface area contributed by atoms with Crippen LogP contribution in [0.2, 0.25) is 0 Å². The van der Waals surface area contributed by atoms with Gasteiger partial charge in [-0.15, -0.1) is 0 Å². The van der Waals surface area contributed by atoms with E-state index in [2.05, 4.69) is 0 Å². The van der Waals surface area contributed by atoms with Crippen molar-refractivity contribution in [3.05, 3.63) is 0 Å². The van der Waals surface area contributed by atoms with Crippen molar-refractivity contribution >= 4 is 9.53 Å². The highest BCUT2D eigenvalue weighted by molar-refractivity contribution is 6.36. The van der Waals surface area contributed by atoms with Crippen LogP contribution < -0.4 is 0 Å². The molecule has 2 aliphatic rings. The summed E-state index contributed by atoms with van der Waals surface area (Å²) < 4.78 is 20.7. The Morgan fingerprint density at radius 3 is 1.76 bits per heavy atom. The van der Waals surface area contributed by atoms with Gasteiger partial charge < -0.3 is 18.0 Å². The fourth-order valence-corrected chi connectivity index (χ4v) is 2.59. The second kappa shape index (κ2) is 9.05. The van der Waals surface area contributed by atoms with Crippen molar-refractivity contribution in [2.45, 2.75) is 46.1 Å². The van der Waals surface area contributed by atoms with Gasteiger partial charge >= 0.3 is 9.53 Å². The highest BCUT2D eigenvalue weighted by Crippen LogP contribution is 2.36. The molecule has 1 heterocycles. The molecule has 17 heavy (non-hydrogen) atoms. The van der Waals surface area contributed by atoms with E-state index in [-0.39, 0.29) is 0 Å². The average molecular weight is 262 g/mol. The maximum absolute atomic E-state index is 5.22. The van der Waals surface area contributed by atoms with E-state index in [4.69, 9.17) is 18.0 Å². The third-order valence-corrected chi connectivity index (χ3v) is 4.42. The van der Waals surface area contributed by atoms with Gasteiger partial charge in [0.05, 0.1) is 12.7 Å². The summed E-state index contributed by atoms with van der Waals surface area (Å²) in [6.07, 6.45) is 4.99. The predicted octanol–water partition coefficient (Wildman–Crippen LogP) is 2.00. The molecule has 5 heteroatoms. The third kappa shape index (κ3) is 8.74. The van der Waals surface area contributed by atoms with Crippen LogP contribution in [0.25, 0.3) is 0 Å². The van der Waals surface area contributed by atoms with Gasteiger partial charge in [0.15, 0.2) is 0 Å². The second-order valence-electron chi connectivity index (χ2n) is 4.29. The molecule has 0 bridgehead atoms. The van der Waals surface area contributed by atoms with Crippen LogP contribution in [0, 0.1) is 5.92 Å². The van der Waals surface area contributed by atoms with E-state index >= 15 is 0 Å². The van der Waals surface area contributed by atoms with E-state index in [0.717, 1.165) is 12.5 Å². The molecule has 0 spiro atoms. The minimum Gasteiger partial charge on any atom is -0.376 e. The Labute approximate surface area is 107 Å². The monoisotopic (exact) mass is 262 g/mol. The van der Waals surface area contributed by atoms with Gasteiger partial charge in [0.2, 0.25) is 0 Å². The molecular weight excluding hydrogens is 236 g/mol. The van der Waals surface area contributed by atoms with E-state index in [1.165, 1.54) is 19.3 Å². The molecule has 1 unspecified atom stereocenters. The van der Waals surface area contributed by atoms with Crippen LogP contribution in [0.15, 0.2) is 0 Å². The largest absolute Gasteiger partial charge is 0.484 e. The molecule has 1 aliphatic heterocycles. The molecule has 0 aromatic carbocycles. The summed E-state index contributed by atoms with van der Waals surface area (Å²) in [5.74, 6) is 1.06. The summed E-state index contributed by atoms with van der Waals surface area (Å²) >= 11 is 0. The molecule has 2 rings (SSSR count). The number of epoxide rings is 1. The van der Waals surface area contributed by atoms with E-state index in [1.54, 1.807) is 0 Å². The number of hydrogen-bond acceptors (Lipinski definition) is 4. The van der Waals surface area contributed by atoms with E-state index in [0.29, 0.717) is 25.9 Å². The van der Waals surface area contributed by atoms with Crippen LogP contribution in [0.1, 0.15) is 40.0 Å². The zero-order valence-electron chi connectivity index (χ0n) is 11.3. The predicted molar refractivity (Wildman–Crippen MR) is 69.1 cm³/mol. The Hall–Kier alpha value is 0.0569. The first-order valence-electron chi connectivity index (χ1n) is 6.76. The van der Waals surface area contributed by atoms with Crippen LogP contribution in [0.4, 0.5) is 0 Å². The third-order valence-electron chi connectivity index (χ3n) is 2.60. The fourth-order valence-electron chi connectivity index (χ4n) is 1.48. The highest BCUT2D eigenvalue weighted by Gasteiger charge is 2.31. The minimum absolute atomic E-state index is 0.677. The standard InChI is InChI=1S/C6H16O3Si.C6H10O/c1-4-7-10(8-5-2)9-6-3;1-2-5(1)3-6-4-7-6/h10H,4-6H2,1-3H3;5-6H,1-4H2. The normalized spacial score (nSPS) is 22.2. The summed E-state index contributed by atoms with van der Waals surface area (Å²) in [6, 6.07) is 0. The molecule has 0 radical (unpaired) electrons. The molecule has 1 saturated heterocycles. The molecule has 102 valence electrons. The lowest BCUT2D eigenvalue weighted by Crippen LogP contribution is -2.27. The van der Waals surface area contributed by atoms with Crippen molar-refractivity contribution in [3.63, 3.8) is 0 Å². The Balaban J connectivity index is 0.000000177. The van der Waals surface area contributed by atoms with Crippen LogP contribution in [-0.2, 0) is 18.0 Å². The molecule has 2 fully saturated rings. The molecule has 4 nitrogen and oxygen atoms in total. The Bertz CT molecular complexity index is 159. The van der Waals surface area contributed by atoms with Crippen molar-refractivity contribution < 1.29 is 18.0 Å². The molecule has 0 aromatic heterocycles. The first kappa shape index (κ1) is 15.1. The van der Waals surface area contributed by atoms with Crippen LogP contribution >= 0.6 is 0 Å². The van der Waals surface area contributed by atoms with Crippen LogP contribution in [-0.4, -0.2) is 42.1 Å². The zero-order valence-corrected chi connectivity index (χ0v) is 12.5. The Kier molecular flexibility index (Phi) is 8.05. The van der Waals surface area contributed by atoms with Crippen LogP contribution in [0.5, 0.6) is 0 Å². The quantitative estimate of drug-likeness (QED) is 0.495. The van der Waals surface area contributed by atoms with Gasteiger partial charge in [-0.1, -0.05) is 12.8 Å². The molecule has 1 saturated carbocycles. The second-order valence-corrected chi connectivity index (χ2v) is 5.87. The summed E-state index contributed by atoms with van der Waals surface area (Å²) in [7, 11) is -1.73. The number of rotatable bonds is 8. The Morgan fingerprint density at radius 1 is 1.00 bits per heavy atom. The van der Waals surface area contributed by atoms with Crippen molar-refractivity contribution in [2.24, 2.45) is 5.92 Å². The number of ether oxygens (including phenoxy) is 1. The maximum Gasteiger partial charge on any atom is 0.484 e. The fraction of sp³-hybridized carbons (Fsp3) is 1.00. The molecule has 1 aliphatic carbocycles. The van der Waals surface area contributed by atoms with Gasteiger partial charge in [0.25, 0.3) is 0 Å². The lowest BCUT2D eigenvalue weighted by Gasteiger charge is -2.12. The van der Waals surface area contributed by atoms with Gasteiger partial charge in [0.1, 0.15) is 0 Å². The summed E-state index contributed by atoms with van der Waals surface area (Å²) in [6.45, 7) is 8.91. The van der Waals surface area contributed by atoms with Gasteiger partial charge in [-0.2, -0.15) is 0 Å². The van der Waals surface area contributed by atoms with Gasteiger partial charge in [-0.25, -0.2) is 0 Å². The first-order valence-corrected chi connectivity index (χ1v) is 8.17. The van der Waals surface area contributed by atoms with E-state index in [1.807, 2.05) is 20.8 Å². The minimum atomic E-state index is -1.73. The van der Waals surface area contributed by atoms with Crippen LogP contribution in [0.3, 0.4) is 0 Å². The Morgan fingerprint density at radius 2 is 1.47 bits per heavy atom. The van der Waals surface area contributed by atoms with Gasteiger partial charge in [0, 0.05) is 19.8 Å². The summed E-state index contributed by atoms with van der Waals surface area (Å²) in [5, 5.41) is 0. The summed E-state index contributed by atoms with van der Waals surface area (Å²) in [4.78, 5) is 0. The smallest absolute Gasteiger partial charge is 0.376 e. The van der Waals surface area contributed by atoms with Crippen molar-refractivity contribution in [2.75, 3.05) is 26.4 Å². The topological polar surface area (TPSA) is 40.2 Å². The zero-order chi connectivity index (χ0) is 12.5. The number of hydrogen-bond donors (Lipinski definition) is 0. The van der Waals surface area contributed by atoms with Crippen molar-refractivity contribution in [1.29, 1.82) is 0 Å². The van der Waals surface area contributed by atoms with Crippen molar-refractivity contribution in [1.82, 2.24) is 0 Å². The first-order chi connectivity index (χ1) is 8.30. The molecule has 1 atom stereocenters. The SMILES string of the molecule is C1CC1CC1CO1.CCO[SiH](OCC)OCC. The molecule has 0 amide bonds. The van der Waals surface area contributed by atoms with E-state index < -0.39 is 9.53 Å². The van der Waals surface area contributed by atoms with Gasteiger partial charge in [-0.3, -0.25) is 0 Å². The lowest BCUT2D eigenvalue weighted by molar-refractivity contribution is 0.107. The lowest BCUT2D eigenvalue weighted by atomic mass is 10.2. The molecule has 0 N–H and O–H groups in total. The summed E-state index contributed by atoms with van der Waals surface area (Å²) in [5.41, 5.74) is 0. The highest BCUT2D eigenvalue weighted by atomic mass is 28.3. The molecular formula is C12H26O4Si. The molecule has 0 aromatic rings. The maximum atomic E-state index is 5.22. The average Bonchev–Trinajstić information content (AvgIpc) is 3.18. The van der Waals surface area contributed by atoms with Crippen molar-refractivity contribution in [3.8, 4) is 0 Å². The van der Waals surface area contributed by atoms with E-state index in [9.17, 15) is 0 Å². The van der Waals surface area contributed by atoms with Gasteiger partial charge in [-0.05, 0) is 33.1 Å².